The van der Waals surface area contributed by atoms with Crippen LogP contribution in [-0.4, -0.2) is 28.2 Å². The largest absolute Gasteiger partial charge is 0.393 e. The Balaban J connectivity index is 0.000000815. The minimum Gasteiger partial charge on any atom is -0.393 e. The fourth-order valence-corrected chi connectivity index (χ4v) is 6.97. The molecule has 4 aliphatic carbocycles. The molecule has 3 fully saturated rings. The van der Waals surface area contributed by atoms with Gasteiger partial charge in [-0.25, -0.2) is 0 Å². The van der Waals surface area contributed by atoms with Crippen LogP contribution < -0.4 is 0 Å². The molecule has 0 aromatic carbocycles. The molecular formula is C21H36O2S. The van der Waals surface area contributed by atoms with Gasteiger partial charge in [-0.3, -0.25) is 0 Å². The van der Waals surface area contributed by atoms with Gasteiger partial charge in [-0.1, -0.05) is 31.9 Å². The van der Waals surface area contributed by atoms with Gasteiger partial charge in [0.25, 0.3) is 0 Å². The van der Waals surface area contributed by atoms with Crippen LogP contribution in [0.1, 0.15) is 72.1 Å². The lowest BCUT2D eigenvalue weighted by molar-refractivity contribution is -0.123. The minimum absolute atomic E-state index is 0.202. The van der Waals surface area contributed by atoms with Crippen LogP contribution >= 0.6 is 12.6 Å². The molecular weight excluding hydrogens is 316 g/mol. The maximum absolute atomic E-state index is 11.3. The van der Waals surface area contributed by atoms with E-state index in [0.717, 1.165) is 19.3 Å². The predicted molar refractivity (Wildman–Crippen MR) is 103 cm³/mol. The van der Waals surface area contributed by atoms with Crippen LogP contribution in [0.4, 0.5) is 0 Å². The number of aliphatic hydroxyl groups is 2. The zero-order chi connectivity index (χ0) is 17.8. The SMILES string of the molecule is CC1(O)C=C2CC(O)CC[C@]2(C)C2CCC3(C)CCCC3C21.CS. The molecule has 0 heterocycles. The number of hydrogen-bond acceptors (Lipinski definition) is 3. The highest BCUT2D eigenvalue weighted by atomic mass is 32.1. The quantitative estimate of drug-likeness (QED) is 0.440. The van der Waals surface area contributed by atoms with Crippen LogP contribution in [0.3, 0.4) is 0 Å². The van der Waals surface area contributed by atoms with Gasteiger partial charge < -0.3 is 10.2 Å². The van der Waals surface area contributed by atoms with E-state index in [1.54, 1.807) is 6.26 Å². The average Bonchev–Trinajstić information content (AvgIpc) is 2.92. The third kappa shape index (κ3) is 2.70. The first-order valence-corrected chi connectivity index (χ1v) is 10.7. The van der Waals surface area contributed by atoms with E-state index >= 15 is 0 Å². The van der Waals surface area contributed by atoms with Crippen molar-refractivity contribution >= 4 is 12.6 Å². The Morgan fingerprint density at radius 3 is 2.42 bits per heavy atom. The summed E-state index contributed by atoms with van der Waals surface area (Å²) in [7, 11) is 0. The fourth-order valence-electron chi connectivity index (χ4n) is 6.97. The van der Waals surface area contributed by atoms with Crippen molar-refractivity contribution < 1.29 is 10.2 Å². The second-order valence-corrected chi connectivity index (χ2v) is 9.53. The Hall–Kier alpha value is 0.01000. The molecule has 4 rings (SSSR count). The fraction of sp³-hybridized carbons (Fsp3) is 0.905. The maximum Gasteiger partial charge on any atom is 0.0836 e. The second kappa shape index (κ2) is 6.32. The third-order valence-electron chi connectivity index (χ3n) is 8.20. The average molecular weight is 353 g/mol. The highest BCUT2D eigenvalue weighted by Crippen LogP contribution is 2.66. The van der Waals surface area contributed by atoms with E-state index in [1.165, 1.54) is 37.7 Å². The number of thiol groups is 1. The first-order chi connectivity index (χ1) is 11.3. The summed E-state index contributed by atoms with van der Waals surface area (Å²) in [6.45, 7) is 6.95. The number of hydrogen-bond donors (Lipinski definition) is 3. The van der Waals surface area contributed by atoms with E-state index in [1.807, 2.05) is 6.92 Å². The van der Waals surface area contributed by atoms with E-state index in [4.69, 9.17) is 0 Å². The number of fused-ring (bicyclic) bond motifs is 5. The van der Waals surface area contributed by atoms with Crippen molar-refractivity contribution in [2.45, 2.75) is 83.8 Å². The highest BCUT2D eigenvalue weighted by Gasteiger charge is 2.61. The van der Waals surface area contributed by atoms with Crippen LogP contribution in [0.2, 0.25) is 0 Å². The van der Waals surface area contributed by atoms with Crippen molar-refractivity contribution in [2.75, 3.05) is 6.26 Å². The summed E-state index contributed by atoms with van der Waals surface area (Å²) >= 11 is 3.53. The maximum atomic E-state index is 11.3. The summed E-state index contributed by atoms with van der Waals surface area (Å²) in [5.74, 6) is 1.70. The normalized spacial score (nSPS) is 53.0. The van der Waals surface area contributed by atoms with E-state index in [-0.39, 0.29) is 11.5 Å². The molecule has 0 aromatic heterocycles. The topological polar surface area (TPSA) is 40.5 Å². The molecule has 4 aliphatic rings. The van der Waals surface area contributed by atoms with E-state index in [2.05, 4.69) is 32.6 Å². The van der Waals surface area contributed by atoms with E-state index < -0.39 is 5.60 Å². The zero-order valence-electron chi connectivity index (χ0n) is 15.9. The monoisotopic (exact) mass is 352 g/mol. The Morgan fingerprint density at radius 1 is 1.00 bits per heavy atom. The van der Waals surface area contributed by atoms with Gasteiger partial charge in [0.05, 0.1) is 11.7 Å². The molecule has 0 amide bonds. The molecule has 0 aromatic rings. The Bertz CT molecular complexity index is 514. The van der Waals surface area contributed by atoms with Gasteiger partial charge in [-0.05, 0) is 86.7 Å². The molecule has 138 valence electrons. The Morgan fingerprint density at radius 2 is 1.71 bits per heavy atom. The molecule has 7 atom stereocenters. The summed E-state index contributed by atoms with van der Waals surface area (Å²) < 4.78 is 0. The van der Waals surface area contributed by atoms with E-state index in [0.29, 0.717) is 23.2 Å². The summed E-state index contributed by atoms with van der Waals surface area (Å²) in [6, 6.07) is 0. The minimum atomic E-state index is -0.687. The summed E-state index contributed by atoms with van der Waals surface area (Å²) in [4.78, 5) is 0. The van der Waals surface area contributed by atoms with Gasteiger partial charge in [0.2, 0.25) is 0 Å². The van der Waals surface area contributed by atoms with Crippen molar-refractivity contribution in [3.05, 3.63) is 11.6 Å². The molecule has 0 bridgehead atoms. The molecule has 0 aliphatic heterocycles. The Kier molecular flexibility index (Phi) is 4.95. The lowest BCUT2D eigenvalue weighted by Crippen LogP contribution is -2.58. The van der Waals surface area contributed by atoms with Crippen LogP contribution in [0.25, 0.3) is 0 Å². The van der Waals surface area contributed by atoms with Crippen molar-refractivity contribution in [1.82, 2.24) is 0 Å². The van der Waals surface area contributed by atoms with Gasteiger partial charge >= 0.3 is 0 Å². The third-order valence-corrected chi connectivity index (χ3v) is 8.20. The van der Waals surface area contributed by atoms with E-state index in [9.17, 15) is 10.2 Å². The summed E-state index contributed by atoms with van der Waals surface area (Å²) in [5, 5.41) is 21.4. The van der Waals surface area contributed by atoms with Crippen molar-refractivity contribution in [3.63, 3.8) is 0 Å². The zero-order valence-corrected chi connectivity index (χ0v) is 16.8. The van der Waals surface area contributed by atoms with Gasteiger partial charge in [-0.2, -0.15) is 12.6 Å². The van der Waals surface area contributed by atoms with Crippen LogP contribution in [-0.2, 0) is 0 Å². The van der Waals surface area contributed by atoms with Gasteiger partial charge in [0, 0.05) is 0 Å². The van der Waals surface area contributed by atoms with Crippen LogP contribution in [0, 0.1) is 28.6 Å². The van der Waals surface area contributed by atoms with Crippen LogP contribution in [0.5, 0.6) is 0 Å². The molecule has 6 unspecified atom stereocenters. The highest BCUT2D eigenvalue weighted by molar-refractivity contribution is 7.79. The lowest BCUT2D eigenvalue weighted by Gasteiger charge is -2.61. The van der Waals surface area contributed by atoms with Gasteiger partial charge in [-0.15, -0.1) is 0 Å². The second-order valence-electron chi connectivity index (χ2n) is 9.53. The van der Waals surface area contributed by atoms with Crippen molar-refractivity contribution in [1.29, 1.82) is 0 Å². The van der Waals surface area contributed by atoms with Crippen molar-refractivity contribution in [2.24, 2.45) is 28.6 Å². The molecule has 24 heavy (non-hydrogen) atoms. The standard InChI is InChI=1S/C20H32O2.CH4S/c1-18-8-4-5-15(18)17-16(7-9-18)19(2)10-6-14(21)11-13(19)12-20(17,3)22;1-2/h12,14-17,21-22H,4-11H2,1-3H3;2H,1H3/t14?,15?,16?,17?,18?,19-,20?;/m0./s1. The number of rotatable bonds is 0. The smallest absolute Gasteiger partial charge is 0.0836 e. The van der Waals surface area contributed by atoms with Crippen LogP contribution in [0.15, 0.2) is 11.6 Å². The lowest BCUT2D eigenvalue weighted by atomic mass is 9.45. The molecule has 0 saturated heterocycles. The first-order valence-electron chi connectivity index (χ1n) is 9.84. The Labute approximate surface area is 153 Å². The van der Waals surface area contributed by atoms with Gasteiger partial charge in [0.1, 0.15) is 0 Å². The number of aliphatic hydroxyl groups excluding tert-OH is 1. The summed E-state index contributed by atoms with van der Waals surface area (Å²) in [6.07, 6.45) is 13.1. The molecule has 2 N–H and O–H groups in total. The first kappa shape index (κ1) is 18.8. The van der Waals surface area contributed by atoms with Crippen molar-refractivity contribution in [3.8, 4) is 0 Å². The summed E-state index contributed by atoms with van der Waals surface area (Å²) in [5.41, 5.74) is 1.34. The molecule has 3 heteroatoms. The molecule has 2 nitrogen and oxygen atoms in total. The molecule has 0 spiro atoms. The van der Waals surface area contributed by atoms with Gasteiger partial charge in [0.15, 0.2) is 0 Å². The molecule has 3 saturated carbocycles. The molecule has 0 radical (unpaired) electrons. The predicted octanol–water partition coefficient (Wildman–Crippen LogP) is 4.61.